The van der Waals surface area contributed by atoms with Crippen molar-refractivity contribution in [3.05, 3.63) is 64.7 Å². The fourth-order valence-electron chi connectivity index (χ4n) is 1.68. The van der Waals surface area contributed by atoms with Crippen LogP contribution in [0.4, 0.5) is 13.2 Å². The topological polar surface area (TPSA) is 9.23 Å². The van der Waals surface area contributed by atoms with E-state index in [1.165, 1.54) is 12.1 Å². The molecule has 0 unspecified atom stereocenters. The number of rotatable bonds is 4. The van der Waals surface area contributed by atoms with Crippen molar-refractivity contribution in [3.63, 3.8) is 0 Å². The minimum absolute atomic E-state index is 0.191. The van der Waals surface area contributed by atoms with E-state index in [9.17, 15) is 13.2 Å². The van der Waals surface area contributed by atoms with Crippen molar-refractivity contribution >= 4 is 11.6 Å². The molecule has 1 radical (unpaired) electrons. The average Bonchev–Trinajstić information content (AvgIpc) is 2.40. The lowest BCUT2D eigenvalue weighted by molar-refractivity contribution is -0.153. The first kappa shape index (κ1) is 14.7. The van der Waals surface area contributed by atoms with Crippen molar-refractivity contribution in [3.8, 4) is 5.75 Å². The lowest BCUT2D eigenvalue weighted by atomic mass is 10.1. The maximum atomic E-state index is 12.0. The van der Waals surface area contributed by atoms with Gasteiger partial charge in [0.15, 0.2) is 6.61 Å². The lowest BCUT2D eigenvalue weighted by Crippen LogP contribution is -2.19. The van der Waals surface area contributed by atoms with Gasteiger partial charge in [0, 0.05) is 6.07 Å². The Hall–Kier alpha value is -1.68. The summed E-state index contributed by atoms with van der Waals surface area (Å²) in [6, 6.07) is 14.8. The Bertz CT molecular complexity index is 564. The Labute approximate surface area is 119 Å². The van der Waals surface area contributed by atoms with E-state index >= 15 is 0 Å². The summed E-state index contributed by atoms with van der Waals surface area (Å²) in [6.45, 7) is -1.29. The van der Waals surface area contributed by atoms with Gasteiger partial charge in [-0.15, -0.1) is 0 Å². The maximum Gasteiger partial charge on any atom is 0.422 e. The van der Waals surface area contributed by atoms with Crippen LogP contribution in [0, 0.1) is 6.07 Å². The van der Waals surface area contributed by atoms with Gasteiger partial charge in [0.2, 0.25) is 0 Å². The summed E-state index contributed by atoms with van der Waals surface area (Å²) in [5, 5.41) is 0.546. The Kier molecular flexibility index (Phi) is 4.55. The summed E-state index contributed by atoms with van der Waals surface area (Å²) in [5.74, 6) is 0.191. The molecular formula is C15H11ClF3O. The second-order valence-electron chi connectivity index (χ2n) is 4.23. The molecule has 0 saturated carbocycles. The van der Waals surface area contributed by atoms with Gasteiger partial charge in [-0.25, -0.2) is 0 Å². The van der Waals surface area contributed by atoms with Crippen molar-refractivity contribution < 1.29 is 17.9 Å². The highest BCUT2D eigenvalue weighted by Crippen LogP contribution is 2.22. The van der Waals surface area contributed by atoms with Crippen LogP contribution in [0.15, 0.2) is 42.5 Å². The average molecular weight is 300 g/mol. The maximum absolute atomic E-state index is 12.0. The van der Waals surface area contributed by atoms with Crippen LogP contribution in [0.25, 0.3) is 0 Å². The van der Waals surface area contributed by atoms with E-state index in [1.807, 2.05) is 12.1 Å². The SMILES string of the molecule is FC(F)(F)COc1ccc(Cc2ccc[c]c2Cl)cc1. The Morgan fingerprint density at radius 3 is 2.40 bits per heavy atom. The van der Waals surface area contributed by atoms with Gasteiger partial charge in [0.25, 0.3) is 0 Å². The van der Waals surface area contributed by atoms with Crippen molar-refractivity contribution in [2.75, 3.05) is 6.61 Å². The monoisotopic (exact) mass is 299 g/mol. The van der Waals surface area contributed by atoms with Crippen molar-refractivity contribution in [1.82, 2.24) is 0 Å². The van der Waals surface area contributed by atoms with E-state index in [0.29, 0.717) is 11.4 Å². The van der Waals surface area contributed by atoms with Crippen LogP contribution in [-0.4, -0.2) is 12.8 Å². The largest absolute Gasteiger partial charge is 0.484 e. The molecule has 0 atom stereocenters. The van der Waals surface area contributed by atoms with Crippen molar-refractivity contribution in [2.45, 2.75) is 12.6 Å². The molecule has 105 valence electrons. The van der Waals surface area contributed by atoms with Crippen LogP contribution in [-0.2, 0) is 6.42 Å². The van der Waals surface area contributed by atoms with Gasteiger partial charge in [0.05, 0.1) is 5.02 Å². The van der Waals surface area contributed by atoms with E-state index in [2.05, 4.69) is 10.8 Å². The lowest BCUT2D eigenvalue weighted by Gasteiger charge is -2.10. The fraction of sp³-hybridized carbons (Fsp3) is 0.200. The molecule has 0 aliphatic heterocycles. The highest BCUT2D eigenvalue weighted by molar-refractivity contribution is 6.31. The summed E-state index contributed by atoms with van der Waals surface area (Å²) >= 11 is 6.00. The molecule has 0 aromatic heterocycles. The zero-order valence-corrected chi connectivity index (χ0v) is 11.1. The number of ether oxygens (including phenoxy) is 1. The van der Waals surface area contributed by atoms with Crippen LogP contribution in [0.2, 0.25) is 5.02 Å². The third-order valence-electron chi connectivity index (χ3n) is 2.61. The number of benzene rings is 2. The number of alkyl halides is 3. The van der Waals surface area contributed by atoms with E-state index in [4.69, 9.17) is 11.6 Å². The summed E-state index contributed by atoms with van der Waals surface area (Å²) in [7, 11) is 0. The second-order valence-corrected chi connectivity index (χ2v) is 4.61. The van der Waals surface area contributed by atoms with Gasteiger partial charge in [-0.3, -0.25) is 0 Å². The molecule has 20 heavy (non-hydrogen) atoms. The third-order valence-corrected chi connectivity index (χ3v) is 2.96. The molecule has 0 spiro atoms. The first-order chi connectivity index (χ1) is 9.44. The molecule has 5 heteroatoms. The van der Waals surface area contributed by atoms with E-state index < -0.39 is 12.8 Å². The zero-order chi connectivity index (χ0) is 14.6. The first-order valence-corrected chi connectivity index (χ1v) is 6.25. The highest BCUT2D eigenvalue weighted by Gasteiger charge is 2.28. The van der Waals surface area contributed by atoms with Gasteiger partial charge in [-0.1, -0.05) is 41.9 Å². The smallest absolute Gasteiger partial charge is 0.422 e. The number of hydrogen-bond acceptors (Lipinski definition) is 1. The minimum atomic E-state index is -4.33. The van der Waals surface area contributed by atoms with Crippen molar-refractivity contribution in [2.24, 2.45) is 0 Å². The summed E-state index contributed by atoms with van der Waals surface area (Å²) in [6.07, 6.45) is -3.73. The Balaban J connectivity index is 2.00. The van der Waals surface area contributed by atoms with E-state index in [-0.39, 0.29) is 5.75 Å². The van der Waals surface area contributed by atoms with Gasteiger partial charge >= 0.3 is 6.18 Å². The first-order valence-electron chi connectivity index (χ1n) is 5.87. The van der Waals surface area contributed by atoms with E-state index in [1.54, 1.807) is 18.2 Å². The van der Waals surface area contributed by atoms with Crippen molar-refractivity contribution in [1.29, 1.82) is 0 Å². The van der Waals surface area contributed by atoms with Crippen LogP contribution < -0.4 is 4.74 Å². The molecule has 2 rings (SSSR count). The van der Waals surface area contributed by atoms with Gasteiger partial charge in [-0.05, 0) is 29.7 Å². The predicted molar refractivity (Wildman–Crippen MR) is 71.1 cm³/mol. The molecule has 1 nitrogen and oxygen atoms in total. The molecule has 0 bridgehead atoms. The summed E-state index contributed by atoms with van der Waals surface area (Å²) < 4.78 is 40.7. The molecule has 2 aromatic carbocycles. The molecule has 0 aliphatic rings. The predicted octanol–water partition coefficient (Wildman–Crippen LogP) is 4.67. The van der Waals surface area contributed by atoms with Gasteiger partial charge in [-0.2, -0.15) is 13.2 Å². The molecule has 2 aromatic rings. The zero-order valence-electron chi connectivity index (χ0n) is 10.4. The number of hydrogen-bond donors (Lipinski definition) is 0. The molecule has 0 aliphatic carbocycles. The summed E-state index contributed by atoms with van der Waals surface area (Å²) in [4.78, 5) is 0. The molecular weight excluding hydrogens is 289 g/mol. The standard InChI is InChI=1S/C15H11ClF3O/c16-14-4-2-1-3-12(14)9-11-5-7-13(8-6-11)20-10-15(17,18)19/h1-3,5-8H,9-10H2. The summed E-state index contributed by atoms with van der Waals surface area (Å²) in [5.41, 5.74) is 1.85. The van der Waals surface area contributed by atoms with Crippen LogP contribution >= 0.6 is 11.6 Å². The Morgan fingerprint density at radius 1 is 1.10 bits per heavy atom. The fourth-order valence-corrected chi connectivity index (χ4v) is 1.87. The quantitative estimate of drug-likeness (QED) is 0.797. The highest BCUT2D eigenvalue weighted by atomic mass is 35.5. The van der Waals surface area contributed by atoms with Crippen LogP contribution in [0.1, 0.15) is 11.1 Å². The van der Waals surface area contributed by atoms with Gasteiger partial charge in [0.1, 0.15) is 5.75 Å². The second kappa shape index (κ2) is 6.18. The molecule has 0 fully saturated rings. The molecule has 0 N–H and O–H groups in total. The Morgan fingerprint density at radius 2 is 1.80 bits per heavy atom. The third kappa shape index (κ3) is 4.46. The van der Waals surface area contributed by atoms with E-state index in [0.717, 1.165) is 11.1 Å². The van der Waals surface area contributed by atoms with Crippen LogP contribution in [0.3, 0.4) is 0 Å². The number of halogens is 4. The van der Waals surface area contributed by atoms with Gasteiger partial charge < -0.3 is 4.74 Å². The normalized spacial score (nSPS) is 11.4. The molecule has 0 amide bonds. The minimum Gasteiger partial charge on any atom is -0.484 e. The molecule has 0 saturated heterocycles. The molecule has 0 heterocycles. The van der Waals surface area contributed by atoms with Crippen LogP contribution in [0.5, 0.6) is 5.75 Å².